The highest BCUT2D eigenvalue weighted by molar-refractivity contribution is 9.10. The number of rotatable bonds is 4. The average Bonchev–Trinajstić information content (AvgIpc) is 3.07. The molecule has 39 heavy (non-hydrogen) atoms. The van der Waals surface area contributed by atoms with E-state index in [1.54, 1.807) is 0 Å². The Morgan fingerprint density at radius 1 is 0.590 bits per heavy atom. The van der Waals surface area contributed by atoms with Crippen LogP contribution in [0.2, 0.25) is 0 Å². The van der Waals surface area contributed by atoms with Gasteiger partial charge in [0.25, 0.3) is 0 Å². The van der Waals surface area contributed by atoms with E-state index < -0.39 is 0 Å². The van der Waals surface area contributed by atoms with Crippen molar-refractivity contribution in [2.75, 3.05) is 11.9 Å². The third-order valence-electron chi connectivity index (χ3n) is 8.60. The van der Waals surface area contributed by atoms with Gasteiger partial charge in [0.2, 0.25) is 0 Å². The summed E-state index contributed by atoms with van der Waals surface area (Å²) in [5.74, 6) is 0. The summed E-state index contributed by atoms with van der Waals surface area (Å²) in [6.45, 7) is 9.32. The molecule has 0 spiro atoms. The van der Waals surface area contributed by atoms with Crippen molar-refractivity contribution in [2.24, 2.45) is 0 Å². The van der Waals surface area contributed by atoms with E-state index in [9.17, 15) is 0 Å². The van der Waals surface area contributed by atoms with Crippen LogP contribution in [0.15, 0.2) is 112 Å². The maximum atomic E-state index is 3.62. The van der Waals surface area contributed by atoms with Crippen LogP contribution in [0.3, 0.4) is 0 Å². The van der Waals surface area contributed by atoms with Crippen molar-refractivity contribution in [1.82, 2.24) is 4.90 Å². The Labute approximate surface area is 248 Å². The molecule has 0 radical (unpaired) electrons. The zero-order valence-corrected chi connectivity index (χ0v) is 26.1. The van der Waals surface area contributed by atoms with Crippen LogP contribution in [-0.4, -0.2) is 11.9 Å². The molecule has 4 heteroatoms. The van der Waals surface area contributed by atoms with E-state index in [0.29, 0.717) is 0 Å². The highest BCUT2D eigenvalue weighted by Crippen LogP contribution is 2.50. The van der Waals surface area contributed by atoms with Gasteiger partial charge in [-0.25, -0.2) is 0 Å². The molecule has 0 bridgehead atoms. The predicted octanol–water partition coefficient (Wildman–Crippen LogP) is 10.9. The Kier molecular flexibility index (Phi) is 6.49. The Morgan fingerprint density at radius 3 is 1.67 bits per heavy atom. The summed E-state index contributed by atoms with van der Waals surface area (Å²) < 4.78 is 2.13. The smallest absolute Gasteiger partial charge is 0.0546 e. The van der Waals surface area contributed by atoms with Crippen molar-refractivity contribution in [3.05, 3.63) is 123 Å². The van der Waals surface area contributed by atoms with Crippen molar-refractivity contribution in [3.63, 3.8) is 0 Å². The summed E-state index contributed by atoms with van der Waals surface area (Å²) in [7, 11) is 2.24. The third-order valence-corrected chi connectivity index (χ3v) is 9.66. The number of hydrogen-bond acceptors (Lipinski definition) is 2. The number of nitrogens with zero attached hydrogens (tertiary/aromatic N) is 2. The zero-order valence-electron chi connectivity index (χ0n) is 23.0. The van der Waals surface area contributed by atoms with Crippen LogP contribution >= 0.6 is 31.9 Å². The van der Waals surface area contributed by atoms with Crippen molar-refractivity contribution >= 4 is 59.7 Å². The van der Waals surface area contributed by atoms with Gasteiger partial charge in [0.1, 0.15) is 0 Å². The third kappa shape index (κ3) is 4.43. The van der Waals surface area contributed by atoms with Crippen LogP contribution in [0.25, 0.3) is 21.9 Å². The summed E-state index contributed by atoms with van der Waals surface area (Å²) in [5.41, 5.74) is 8.52. The maximum Gasteiger partial charge on any atom is 0.0546 e. The zero-order chi connectivity index (χ0) is 27.5. The molecule has 5 aromatic rings. The summed E-state index contributed by atoms with van der Waals surface area (Å²) >= 11 is 7.25. The molecule has 0 aromatic heterocycles. The van der Waals surface area contributed by atoms with Gasteiger partial charge in [0.05, 0.1) is 5.69 Å². The lowest BCUT2D eigenvalue weighted by Crippen LogP contribution is -2.42. The van der Waals surface area contributed by atoms with Crippen molar-refractivity contribution in [3.8, 4) is 11.1 Å². The molecule has 0 saturated heterocycles. The SMILES string of the molecule is CN1C(C)(C)c2ccc(-c3cc4ccccc4cc3N(c3ccc(Br)cc3)c3ccc(Br)cc3)cc2C1(C)C. The Balaban J connectivity index is 1.64. The molecule has 0 saturated carbocycles. The van der Waals surface area contributed by atoms with Crippen LogP contribution in [0.5, 0.6) is 0 Å². The topological polar surface area (TPSA) is 6.48 Å². The number of fused-ring (bicyclic) bond motifs is 2. The van der Waals surface area contributed by atoms with E-state index in [4.69, 9.17) is 0 Å². The molecule has 0 amide bonds. The second-order valence-electron chi connectivity index (χ2n) is 11.4. The second kappa shape index (κ2) is 9.62. The summed E-state index contributed by atoms with van der Waals surface area (Å²) in [4.78, 5) is 4.86. The minimum Gasteiger partial charge on any atom is -0.310 e. The van der Waals surface area contributed by atoms with Gasteiger partial charge in [-0.3, -0.25) is 4.90 Å². The quantitative estimate of drug-likeness (QED) is 0.193. The largest absolute Gasteiger partial charge is 0.310 e. The predicted molar refractivity (Wildman–Crippen MR) is 173 cm³/mol. The summed E-state index contributed by atoms with van der Waals surface area (Å²) in [6, 6.07) is 37.6. The molecule has 0 unspecified atom stereocenters. The molecule has 0 atom stereocenters. The average molecular weight is 640 g/mol. The van der Waals surface area contributed by atoms with E-state index in [0.717, 1.165) is 26.0 Å². The summed E-state index contributed by atoms with van der Waals surface area (Å²) in [6.07, 6.45) is 0. The van der Waals surface area contributed by atoms with Gasteiger partial charge in [-0.1, -0.05) is 68.3 Å². The van der Waals surface area contributed by atoms with Gasteiger partial charge in [-0.05, 0) is 129 Å². The van der Waals surface area contributed by atoms with Gasteiger partial charge >= 0.3 is 0 Å². The molecule has 0 N–H and O–H groups in total. The second-order valence-corrected chi connectivity index (χ2v) is 13.3. The van der Waals surface area contributed by atoms with Crippen LogP contribution in [0, 0.1) is 0 Å². The van der Waals surface area contributed by atoms with Crippen molar-refractivity contribution in [2.45, 2.75) is 38.8 Å². The molecule has 6 rings (SSSR count). The lowest BCUT2D eigenvalue weighted by molar-refractivity contribution is 0.0730. The highest BCUT2D eigenvalue weighted by atomic mass is 79.9. The molecule has 2 nitrogen and oxygen atoms in total. The Morgan fingerprint density at radius 2 is 1.10 bits per heavy atom. The van der Waals surface area contributed by atoms with Gasteiger partial charge in [0.15, 0.2) is 0 Å². The van der Waals surface area contributed by atoms with Crippen LogP contribution in [0.1, 0.15) is 38.8 Å². The lowest BCUT2D eigenvalue weighted by atomic mass is 9.87. The minimum absolute atomic E-state index is 0.0233. The number of halogens is 2. The Hall–Kier alpha value is -2.92. The first-order chi connectivity index (χ1) is 18.6. The fourth-order valence-corrected chi connectivity index (χ4v) is 6.59. The number of hydrogen-bond donors (Lipinski definition) is 0. The molecule has 5 aromatic carbocycles. The van der Waals surface area contributed by atoms with E-state index in [1.807, 2.05) is 0 Å². The molecule has 0 fully saturated rings. The fraction of sp³-hybridized carbons (Fsp3) is 0.200. The first-order valence-corrected chi connectivity index (χ1v) is 14.9. The number of anilines is 3. The first-order valence-electron chi connectivity index (χ1n) is 13.3. The fourth-order valence-electron chi connectivity index (χ4n) is 6.06. The maximum absolute atomic E-state index is 3.62. The standard InChI is InChI=1S/C35H32Br2N2/c1-34(2)31-19-10-25(21-32(31)35(3,4)38(34)5)30-20-23-8-6-7-9-24(23)22-33(30)39(28-15-11-26(36)12-16-28)29-17-13-27(37)14-18-29/h6-22H,1-5H3. The van der Waals surface area contributed by atoms with Crippen molar-refractivity contribution in [1.29, 1.82) is 0 Å². The molecule has 1 aliphatic heterocycles. The van der Waals surface area contributed by atoms with E-state index >= 15 is 0 Å². The molecular formula is C35H32Br2N2. The van der Waals surface area contributed by atoms with Crippen LogP contribution < -0.4 is 4.90 Å². The molecule has 196 valence electrons. The van der Waals surface area contributed by atoms with Crippen molar-refractivity contribution < 1.29 is 0 Å². The minimum atomic E-state index is -0.0665. The lowest BCUT2D eigenvalue weighted by Gasteiger charge is -2.37. The molecule has 0 aliphatic carbocycles. The monoisotopic (exact) mass is 638 g/mol. The van der Waals surface area contributed by atoms with Gasteiger partial charge < -0.3 is 4.90 Å². The van der Waals surface area contributed by atoms with E-state index in [2.05, 4.69) is 180 Å². The van der Waals surface area contributed by atoms with Gasteiger partial charge in [-0.2, -0.15) is 0 Å². The van der Waals surface area contributed by atoms with Crippen LogP contribution in [0.4, 0.5) is 17.1 Å². The van der Waals surface area contributed by atoms with E-state index in [1.165, 1.54) is 33.0 Å². The normalized spacial score (nSPS) is 15.9. The molecule has 1 aliphatic rings. The Bertz CT molecular complexity index is 1640. The molecular weight excluding hydrogens is 608 g/mol. The van der Waals surface area contributed by atoms with Gasteiger partial charge in [-0.15, -0.1) is 0 Å². The highest BCUT2D eigenvalue weighted by Gasteiger charge is 2.46. The molecule has 1 heterocycles. The summed E-state index contributed by atoms with van der Waals surface area (Å²) in [5, 5.41) is 2.46. The van der Waals surface area contributed by atoms with E-state index in [-0.39, 0.29) is 11.1 Å². The first kappa shape index (κ1) is 26.3. The van der Waals surface area contributed by atoms with Gasteiger partial charge in [0, 0.05) is 37.0 Å². The number of benzene rings is 5. The van der Waals surface area contributed by atoms with Crippen LogP contribution in [-0.2, 0) is 11.1 Å².